The molecule has 6 nitrogen and oxygen atoms in total. The lowest BCUT2D eigenvalue weighted by Gasteiger charge is -2.04. The van der Waals surface area contributed by atoms with Gasteiger partial charge in [-0.15, -0.1) is 10.2 Å². The molecule has 100 valence electrons. The normalized spacial score (nSPS) is 10.4. The molecule has 0 radical (unpaired) electrons. The number of furan rings is 1. The number of halogens is 1. The molecule has 2 heterocycles. The standard InChI is InChI=1S/C13H8BrN3O3/c14-11-10(5-6-19-11)12(18)16-9-3-1-8(2-4-9)13-17-15-7-20-13/h1-7H,(H,16,18). The van der Waals surface area contributed by atoms with Crippen molar-refractivity contribution in [1.29, 1.82) is 0 Å². The first kappa shape index (κ1) is 12.6. The second kappa shape index (κ2) is 5.30. The maximum absolute atomic E-state index is 12.0. The van der Waals surface area contributed by atoms with Crippen LogP contribution in [0.25, 0.3) is 11.5 Å². The maximum atomic E-state index is 12.0. The quantitative estimate of drug-likeness (QED) is 0.794. The van der Waals surface area contributed by atoms with Crippen LogP contribution in [0.3, 0.4) is 0 Å². The highest BCUT2D eigenvalue weighted by atomic mass is 79.9. The van der Waals surface area contributed by atoms with Crippen LogP contribution in [0.4, 0.5) is 5.69 Å². The number of carbonyl (C=O) groups is 1. The summed E-state index contributed by atoms with van der Waals surface area (Å²) in [4.78, 5) is 12.0. The van der Waals surface area contributed by atoms with E-state index in [4.69, 9.17) is 8.83 Å². The third-order valence-electron chi connectivity index (χ3n) is 2.61. The lowest BCUT2D eigenvalue weighted by Crippen LogP contribution is -2.11. The van der Waals surface area contributed by atoms with E-state index in [0.717, 1.165) is 5.56 Å². The van der Waals surface area contributed by atoms with Crippen molar-refractivity contribution in [2.24, 2.45) is 0 Å². The lowest BCUT2D eigenvalue weighted by atomic mass is 10.2. The molecular weight excluding hydrogens is 326 g/mol. The predicted molar refractivity (Wildman–Crippen MR) is 74.1 cm³/mol. The molecule has 0 saturated carbocycles. The van der Waals surface area contributed by atoms with Crippen molar-refractivity contribution < 1.29 is 13.6 Å². The van der Waals surface area contributed by atoms with Crippen molar-refractivity contribution in [3.8, 4) is 11.5 Å². The minimum atomic E-state index is -0.254. The van der Waals surface area contributed by atoms with E-state index in [9.17, 15) is 4.79 Å². The smallest absolute Gasteiger partial charge is 0.260 e. The number of benzene rings is 1. The molecule has 7 heteroatoms. The minimum Gasteiger partial charge on any atom is -0.457 e. The molecule has 0 bridgehead atoms. The van der Waals surface area contributed by atoms with Gasteiger partial charge >= 0.3 is 0 Å². The largest absolute Gasteiger partial charge is 0.457 e. The summed E-state index contributed by atoms with van der Waals surface area (Å²) in [7, 11) is 0. The van der Waals surface area contributed by atoms with Crippen LogP contribution in [0.15, 0.2) is 56.5 Å². The number of hydrogen-bond donors (Lipinski definition) is 1. The number of nitrogens with one attached hydrogen (secondary N) is 1. The summed E-state index contributed by atoms with van der Waals surface area (Å²) in [5.74, 6) is 0.177. The average molecular weight is 334 g/mol. The molecule has 0 aliphatic carbocycles. The van der Waals surface area contributed by atoms with Gasteiger partial charge in [0.2, 0.25) is 12.3 Å². The monoisotopic (exact) mass is 333 g/mol. The third-order valence-corrected chi connectivity index (χ3v) is 3.23. The van der Waals surface area contributed by atoms with Crippen molar-refractivity contribution in [2.75, 3.05) is 5.32 Å². The summed E-state index contributed by atoms with van der Waals surface area (Å²) >= 11 is 3.16. The molecule has 1 N–H and O–H groups in total. The van der Waals surface area contributed by atoms with Crippen LogP contribution in [0.1, 0.15) is 10.4 Å². The van der Waals surface area contributed by atoms with E-state index in [1.165, 1.54) is 12.7 Å². The van der Waals surface area contributed by atoms with E-state index in [2.05, 4.69) is 31.4 Å². The highest BCUT2D eigenvalue weighted by Gasteiger charge is 2.12. The first-order chi connectivity index (χ1) is 9.74. The Morgan fingerprint density at radius 3 is 2.55 bits per heavy atom. The molecule has 0 fully saturated rings. The van der Waals surface area contributed by atoms with Gasteiger partial charge in [-0.3, -0.25) is 4.79 Å². The Hall–Kier alpha value is -2.41. The van der Waals surface area contributed by atoms with Gasteiger partial charge in [-0.25, -0.2) is 0 Å². The van der Waals surface area contributed by atoms with Gasteiger partial charge < -0.3 is 14.2 Å². The molecule has 0 saturated heterocycles. The van der Waals surface area contributed by atoms with E-state index >= 15 is 0 Å². The van der Waals surface area contributed by atoms with Crippen molar-refractivity contribution in [1.82, 2.24) is 10.2 Å². The molecule has 0 unspecified atom stereocenters. The topological polar surface area (TPSA) is 81.2 Å². The molecular formula is C13H8BrN3O3. The Bertz CT molecular complexity index is 720. The van der Waals surface area contributed by atoms with Crippen molar-refractivity contribution in [3.05, 3.63) is 53.2 Å². The van der Waals surface area contributed by atoms with Gasteiger partial charge in [0.1, 0.15) is 0 Å². The SMILES string of the molecule is O=C(Nc1ccc(-c2nnco2)cc1)c1ccoc1Br. The number of aromatic nitrogens is 2. The zero-order valence-electron chi connectivity index (χ0n) is 10.0. The fourth-order valence-corrected chi connectivity index (χ4v) is 2.07. The van der Waals surface area contributed by atoms with E-state index < -0.39 is 0 Å². The number of rotatable bonds is 3. The number of amides is 1. The summed E-state index contributed by atoms with van der Waals surface area (Å²) in [6, 6.07) is 8.67. The van der Waals surface area contributed by atoms with E-state index in [1.807, 2.05) is 0 Å². The summed E-state index contributed by atoms with van der Waals surface area (Å²) in [5, 5.41) is 10.2. The Labute approximate surface area is 121 Å². The molecule has 20 heavy (non-hydrogen) atoms. The maximum Gasteiger partial charge on any atom is 0.260 e. The number of carbonyl (C=O) groups excluding carboxylic acids is 1. The number of hydrogen-bond acceptors (Lipinski definition) is 5. The fourth-order valence-electron chi connectivity index (χ4n) is 1.65. The summed E-state index contributed by atoms with van der Waals surface area (Å²) in [6.45, 7) is 0. The van der Waals surface area contributed by atoms with Crippen LogP contribution in [-0.2, 0) is 0 Å². The molecule has 1 amide bonds. The van der Waals surface area contributed by atoms with E-state index in [0.29, 0.717) is 21.8 Å². The molecule has 0 spiro atoms. The second-order valence-electron chi connectivity index (χ2n) is 3.88. The molecule has 2 aromatic heterocycles. The van der Waals surface area contributed by atoms with Crippen LogP contribution < -0.4 is 5.32 Å². The Balaban J connectivity index is 1.76. The zero-order chi connectivity index (χ0) is 13.9. The van der Waals surface area contributed by atoms with Gasteiger partial charge in [0.25, 0.3) is 5.91 Å². The average Bonchev–Trinajstić information content (AvgIpc) is 3.10. The van der Waals surface area contributed by atoms with Crippen LogP contribution in [0.5, 0.6) is 0 Å². The first-order valence-electron chi connectivity index (χ1n) is 5.65. The first-order valence-corrected chi connectivity index (χ1v) is 6.44. The van der Waals surface area contributed by atoms with Gasteiger partial charge in [0.05, 0.1) is 11.8 Å². The predicted octanol–water partition coefficient (Wildman–Crippen LogP) is 3.34. The van der Waals surface area contributed by atoms with Gasteiger partial charge in [-0.2, -0.15) is 0 Å². The van der Waals surface area contributed by atoms with Crippen molar-refractivity contribution in [3.63, 3.8) is 0 Å². The summed E-state index contributed by atoms with van der Waals surface area (Å²) in [5.41, 5.74) is 1.88. The van der Waals surface area contributed by atoms with Crippen molar-refractivity contribution in [2.45, 2.75) is 0 Å². The van der Waals surface area contributed by atoms with Gasteiger partial charge in [0.15, 0.2) is 4.67 Å². The highest BCUT2D eigenvalue weighted by molar-refractivity contribution is 9.10. The molecule has 0 aliphatic heterocycles. The van der Waals surface area contributed by atoms with Gasteiger partial charge in [-0.05, 0) is 46.3 Å². The second-order valence-corrected chi connectivity index (χ2v) is 4.60. The summed E-state index contributed by atoms with van der Waals surface area (Å²) in [6.07, 6.45) is 2.71. The van der Waals surface area contributed by atoms with Crippen LogP contribution in [0, 0.1) is 0 Å². The van der Waals surface area contributed by atoms with Crippen molar-refractivity contribution >= 4 is 27.5 Å². The Kier molecular flexibility index (Phi) is 3.34. The molecule has 0 atom stereocenters. The Morgan fingerprint density at radius 2 is 1.95 bits per heavy atom. The minimum absolute atomic E-state index is 0.254. The summed E-state index contributed by atoms with van der Waals surface area (Å²) < 4.78 is 10.5. The number of anilines is 1. The number of nitrogens with zero attached hydrogens (tertiary/aromatic N) is 2. The van der Waals surface area contributed by atoms with Crippen LogP contribution in [0.2, 0.25) is 0 Å². The van der Waals surface area contributed by atoms with Crippen LogP contribution in [-0.4, -0.2) is 16.1 Å². The fraction of sp³-hybridized carbons (Fsp3) is 0. The van der Waals surface area contributed by atoms with E-state index in [1.54, 1.807) is 30.3 Å². The zero-order valence-corrected chi connectivity index (χ0v) is 11.6. The molecule has 0 aliphatic rings. The van der Waals surface area contributed by atoms with Gasteiger partial charge in [-0.1, -0.05) is 0 Å². The highest BCUT2D eigenvalue weighted by Crippen LogP contribution is 2.21. The van der Waals surface area contributed by atoms with Crippen LogP contribution >= 0.6 is 15.9 Å². The van der Waals surface area contributed by atoms with Gasteiger partial charge in [0, 0.05) is 11.3 Å². The molecule has 3 rings (SSSR count). The van der Waals surface area contributed by atoms with E-state index in [-0.39, 0.29) is 5.91 Å². The molecule has 3 aromatic rings. The third kappa shape index (κ3) is 2.48. The Morgan fingerprint density at radius 1 is 1.15 bits per heavy atom. The lowest BCUT2D eigenvalue weighted by molar-refractivity contribution is 0.102. The molecule has 1 aromatic carbocycles.